The van der Waals surface area contributed by atoms with Crippen LogP contribution in [0.2, 0.25) is 0 Å². The van der Waals surface area contributed by atoms with Crippen LogP contribution in [0.15, 0.2) is 47.6 Å². The highest BCUT2D eigenvalue weighted by molar-refractivity contribution is 6.01. The average molecular weight is 369 g/mol. The van der Waals surface area contributed by atoms with Crippen LogP contribution in [0.5, 0.6) is 11.5 Å². The van der Waals surface area contributed by atoms with Gasteiger partial charge in [0.05, 0.1) is 12.8 Å². The third kappa shape index (κ3) is 5.56. The van der Waals surface area contributed by atoms with Crippen LogP contribution in [0.4, 0.5) is 0 Å². The molecule has 2 rings (SSSR count). The molecular formula is C21H27N3O3. The van der Waals surface area contributed by atoms with Gasteiger partial charge in [-0.1, -0.05) is 13.8 Å². The maximum atomic E-state index is 12.2. The van der Waals surface area contributed by atoms with Gasteiger partial charge in [0.25, 0.3) is 5.91 Å². The fourth-order valence-corrected chi connectivity index (χ4v) is 2.69. The molecule has 1 amide bonds. The van der Waals surface area contributed by atoms with Crippen molar-refractivity contribution in [3.8, 4) is 11.5 Å². The Morgan fingerprint density at radius 1 is 1.11 bits per heavy atom. The highest BCUT2D eigenvalue weighted by Gasteiger charge is 2.10. The smallest absolute Gasteiger partial charge is 0.271 e. The van der Waals surface area contributed by atoms with Crippen molar-refractivity contribution in [2.75, 3.05) is 20.2 Å². The number of hydrogen-bond donors (Lipinski definition) is 2. The molecule has 0 atom stereocenters. The number of hydrazone groups is 1. The molecule has 0 aromatic heterocycles. The van der Waals surface area contributed by atoms with Crippen molar-refractivity contribution in [3.05, 3.63) is 59.2 Å². The van der Waals surface area contributed by atoms with Gasteiger partial charge in [-0.2, -0.15) is 5.10 Å². The molecule has 0 radical (unpaired) electrons. The summed E-state index contributed by atoms with van der Waals surface area (Å²) in [5.74, 6) is 0.628. The number of hydrogen-bond acceptors (Lipinski definition) is 5. The van der Waals surface area contributed by atoms with Gasteiger partial charge in [-0.25, -0.2) is 5.43 Å². The van der Waals surface area contributed by atoms with Crippen molar-refractivity contribution in [1.29, 1.82) is 0 Å². The molecule has 0 saturated heterocycles. The summed E-state index contributed by atoms with van der Waals surface area (Å²) < 4.78 is 5.48. The minimum Gasteiger partial charge on any atom is -0.508 e. The SMILES string of the molecule is CCN(CC)Cc1cc(/C(C)=N\NC(=O)c2ccc(O)cc2)ccc1OC. The summed E-state index contributed by atoms with van der Waals surface area (Å²) in [7, 11) is 1.67. The molecule has 2 aromatic rings. The van der Waals surface area contributed by atoms with Crippen molar-refractivity contribution in [2.45, 2.75) is 27.3 Å². The molecule has 2 N–H and O–H groups in total. The summed E-state index contributed by atoms with van der Waals surface area (Å²) in [6.07, 6.45) is 0. The van der Waals surface area contributed by atoms with Gasteiger partial charge in [-0.15, -0.1) is 0 Å². The first-order valence-corrected chi connectivity index (χ1v) is 9.01. The number of carbonyl (C=O) groups is 1. The second-order valence-corrected chi connectivity index (χ2v) is 6.17. The Morgan fingerprint density at radius 2 is 1.74 bits per heavy atom. The molecule has 0 aliphatic heterocycles. The first-order chi connectivity index (χ1) is 13.0. The fourth-order valence-electron chi connectivity index (χ4n) is 2.69. The number of phenolic OH excluding ortho intramolecular Hbond substituents is 1. The lowest BCUT2D eigenvalue weighted by atomic mass is 10.1. The van der Waals surface area contributed by atoms with Crippen LogP contribution in [-0.2, 0) is 6.54 Å². The van der Waals surface area contributed by atoms with Crippen LogP contribution >= 0.6 is 0 Å². The zero-order valence-corrected chi connectivity index (χ0v) is 16.3. The third-order valence-corrected chi connectivity index (χ3v) is 4.44. The predicted molar refractivity (Wildman–Crippen MR) is 107 cm³/mol. The van der Waals surface area contributed by atoms with Gasteiger partial charge < -0.3 is 9.84 Å². The van der Waals surface area contributed by atoms with Gasteiger partial charge in [0.15, 0.2) is 0 Å². The van der Waals surface area contributed by atoms with Crippen LogP contribution in [-0.4, -0.2) is 41.8 Å². The van der Waals surface area contributed by atoms with Crippen LogP contribution < -0.4 is 10.2 Å². The Kier molecular flexibility index (Phi) is 7.37. The summed E-state index contributed by atoms with van der Waals surface area (Å²) in [5, 5.41) is 13.5. The van der Waals surface area contributed by atoms with Gasteiger partial charge in [0.2, 0.25) is 0 Å². The van der Waals surface area contributed by atoms with Crippen molar-refractivity contribution >= 4 is 11.6 Å². The average Bonchev–Trinajstić information content (AvgIpc) is 2.70. The maximum Gasteiger partial charge on any atom is 0.271 e. The molecule has 6 heteroatoms. The summed E-state index contributed by atoms with van der Waals surface area (Å²) >= 11 is 0. The standard InChI is InChI=1S/C21H27N3O3/c1-5-24(6-2)14-18-13-17(9-12-20(18)27-4)15(3)22-23-21(26)16-7-10-19(25)11-8-16/h7-13,25H,5-6,14H2,1-4H3,(H,23,26)/b22-15-. The van der Waals surface area contributed by atoms with Crippen molar-refractivity contribution < 1.29 is 14.6 Å². The Labute approximate surface area is 160 Å². The van der Waals surface area contributed by atoms with E-state index in [1.54, 1.807) is 19.2 Å². The summed E-state index contributed by atoms with van der Waals surface area (Å²) in [4.78, 5) is 14.5. The molecule has 0 saturated carbocycles. The van der Waals surface area contributed by atoms with Gasteiger partial charge in [0.1, 0.15) is 11.5 Å². The monoisotopic (exact) mass is 369 g/mol. The number of ether oxygens (including phenoxy) is 1. The molecule has 0 unspecified atom stereocenters. The molecular weight excluding hydrogens is 342 g/mol. The minimum atomic E-state index is -0.328. The van der Waals surface area contributed by atoms with Gasteiger partial charge >= 0.3 is 0 Å². The molecule has 0 aliphatic rings. The van der Waals surface area contributed by atoms with E-state index < -0.39 is 0 Å². The minimum absolute atomic E-state index is 0.116. The lowest BCUT2D eigenvalue weighted by Gasteiger charge is -2.20. The summed E-state index contributed by atoms with van der Waals surface area (Å²) in [6, 6.07) is 11.9. The Hall–Kier alpha value is -2.86. The first kappa shape index (κ1) is 20.5. The molecule has 27 heavy (non-hydrogen) atoms. The molecule has 0 spiro atoms. The molecule has 0 aliphatic carbocycles. The van der Waals surface area contributed by atoms with Crippen LogP contribution in [0.3, 0.4) is 0 Å². The molecule has 0 fully saturated rings. The highest BCUT2D eigenvalue weighted by atomic mass is 16.5. The number of nitrogens with one attached hydrogen (secondary N) is 1. The van der Waals surface area contributed by atoms with Crippen molar-refractivity contribution in [2.24, 2.45) is 5.10 Å². The Morgan fingerprint density at radius 3 is 2.33 bits per heavy atom. The zero-order chi connectivity index (χ0) is 19.8. The van der Waals surface area contributed by atoms with Crippen molar-refractivity contribution in [3.63, 3.8) is 0 Å². The van der Waals surface area contributed by atoms with E-state index in [9.17, 15) is 9.90 Å². The van der Waals surface area contributed by atoms with Gasteiger partial charge in [-0.3, -0.25) is 9.69 Å². The molecule has 2 aromatic carbocycles. The predicted octanol–water partition coefficient (Wildman–Crippen LogP) is 3.40. The summed E-state index contributed by atoms with van der Waals surface area (Å²) in [5.41, 5.74) is 5.69. The third-order valence-electron chi connectivity index (χ3n) is 4.44. The number of rotatable bonds is 8. The van der Waals surface area contributed by atoms with E-state index in [-0.39, 0.29) is 11.7 Å². The topological polar surface area (TPSA) is 74.2 Å². The molecule has 6 nitrogen and oxygen atoms in total. The number of amides is 1. The second-order valence-electron chi connectivity index (χ2n) is 6.17. The van der Waals surface area contributed by atoms with E-state index in [1.165, 1.54) is 12.1 Å². The number of nitrogens with zero attached hydrogens (tertiary/aromatic N) is 2. The van der Waals surface area contributed by atoms with E-state index in [2.05, 4.69) is 29.3 Å². The lowest BCUT2D eigenvalue weighted by molar-refractivity contribution is 0.0955. The van der Waals surface area contributed by atoms with Gasteiger partial charge in [0, 0.05) is 17.7 Å². The lowest BCUT2D eigenvalue weighted by Crippen LogP contribution is -2.22. The quantitative estimate of drug-likeness (QED) is 0.552. The second kappa shape index (κ2) is 9.73. The summed E-state index contributed by atoms with van der Waals surface area (Å²) in [6.45, 7) is 8.81. The van der Waals surface area contributed by atoms with Gasteiger partial charge in [-0.05, 0) is 68.0 Å². The van der Waals surface area contributed by atoms with Crippen molar-refractivity contribution in [1.82, 2.24) is 10.3 Å². The van der Waals surface area contributed by atoms with Crippen LogP contribution in [0.1, 0.15) is 42.3 Å². The largest absolute Gasteiger partial charge is 0.508 e. The highest BCUT2D eigenvalue weighted by Crippen LogP contribution is 2.22. The van der Waals surface area contributed by atoms with E-state index >= 15 is 0 Å². The fraction of sp³-hybridized carbons (Fsp3) is 0.333. The maximum absolute atomic E-state index is 12.2. The van der Waals surface area contributed by atoms with E-state index in [4.69, 9.17) is 4.74 Å². The number of benzene rings is 2. The Balaban J connectivity index is 2.16. The Bertz CT molecular complexity index is 797. The number of aromatic hydroxyl groups is 1. The molecule has 144 valence electrons. The first-order valence-electron chi connectivity index (χ1n) is 9.01. The van der Waals surface area contributed by atoms with Crippen LogP contribution in [0.25, 0.3) is 0 Å². The number of phenols is 1. The number of methoxy groups -OCH3 is 1. The van der Waals surface area contributed by atoms with Crippen LogP contribution in [0, 0.1) is 0 Å². The zero-order valence-electron chi connectivity index (χ0n) is 16.3. The number of carbonyl (C=O) groups excluding carboxylic acids is 1. The normalized spacial score (nSPS) is 11.5. The molecule has 0 heterocycles. The molecule has 0 bridgehead atoms. The van der Waals surface area contributed by atoms with E-state index in [0.29, 0.717) is 11.3 Å². The van der Waals surface area contributed by atoms with E-state index in [1.807, 2.05) is 25.1 Å². The van der Waals surface area contributed by atoms with E-state index in [0.717, 1.165) is 36.5 Å².